The van der Waals surface area contributed by atoms with Crippen LogP contribution in [0.25, 0.3) is 0 Å². The summed E-state index contributed by atoms with van der Waals surface area (Å²) < 4.78 is 10.8. The second-order valence-electron chi connectivity index (χ2n) is 5.54. The van der Waals surface area contributed by atoms with Crippen molar-refractivity contribution in [2.45, 2.75) is 44.2 Å². The number of nitrogens with zero attached hydrogens (tertiary/aromatic N) is 1. The van der Waals surface area contributed by atoms with E-state index in [1.165, 1.54) is 0 Å². The van der Waals surface area contributed by atoms with Gasteiger partial charge in [-0.15, -0.1) is 0 Å². The third-order valence-electron chi connectivity index (χ3n) is 3.95. The molecule has 2 heterocycles. The summed E-state index contributed by atoms with van der Waals surface area (Å²) in [6.07, 6.45) is 3.38. The predicted molar refractivity (Wildman–Crippen MR) is 75.2 cm³/mol. The highest BCUT2D eigenvalue weighted by Gasteiger charge is 2.25. The van der Waals surface area contributed by atoms with Gasteiger partial charge in [0, 0.05) is 32.3 Å². The summed E-state index contributed by atoms with van der Waals surface area (Å²) in [4.78, 5) is 24.4. The van der Waals surface area contributed by atoms with Crippen LogP contribution in [0.3, 0.4) is 0 Å². The SMILES string of the molecule is O=C(O)CCOC1CCN(C(=O)NC2CCOCC2)CC1. The number of hydrogen-bond acceptors (Lipinski definition) is 4. The first kappa shape index (κ1) is 16.0. The van der Waals surface area contributed by atoms with Crippen LogP contribution in [0.5, 0.6) is 0 Å². The Balaban J connectivity index is 1.63. The van der Waals surface area contributed by atoms with E-state index < -0.39 is 5.97 Å². The molecule has 2 aliphatic heterocycles. The maximum absolute atomic E-state index is 12.1. The number of carboxylic acid groups (broad SMARTS) is 1. The molecular weight excluding hydrogens is 276 g/mol. The molecule has 0 atom stereocenters. The van der Waals surface area contributed by atoms with Crippen LogP contribution in [0.2, 0.25) is 0 Å². The van der Waals surface area contributed by atoms with Crippen molar-refractivity contribution in [1.29, 1.82) is 0 Å². The summed E-state index contributed by atoms with van der Waals surface area (Å²) in [5.41, 5.74) is 0. The largest absolute Gasteiger partial charge is 0.481 e. The van der Waals surface area contributed by atoms with Gasteiger partial charge in [0.15, 0.2) is 0 Å². The Morgan fingerprint density at radius 1 is 1.19 bits per heavy atom. The van der Waals surface area contributed by atoms with Crippen LogP contribution in [0, 0.1) is 0 Å². The first-order valence-electron chi connectivity index (χ1n) is 7.61. The normalized spacial score (nSPS) is 21.2. The van der Waals surface area contributed by atoms with E-state index in [4.69, 9.17) is 14.6 Å². The molecule has 2 aliphatic rings. The molecule has 0 spiro atoms. The summed E-state index contributed by atoms with van der Waals surface area (Å²) >= 11 is 0. The van der Waals surface area contributed by atoms with Crippen LogP contribution < -0.4 is 5.32 Å². The molecule has 21 heavy (non-hydrogen) atoms. The van der Waals surface area contributed by atoms with E-state index in [-0.39, 0.29) is 31.2 Å². The average molecular weight is 300 g/mol. The lowest BCUT2D eigenvalue weighted by molar-refractivity contribution is -0.138. The fraction of sp³-hybridized carbons (Fsp3) is 0.857. The Hall–Kier alpha value is -1.34. The standard InChI is InChI=1S/C14H24N2O5/c17-13(18)5-10-21-12-1-6-16(7-2-12)14(19)15-11-3-8-20-9-4-11/h11-12H,1-10H2,(H,15,19)(H,17,18). The molecule has 0 aromatic carbocycles. The number of hydrogen-bond donors (Lipinski definition) is 2. The van der Waals surface area contributed by atoms with Gasteiger partial charge in [-0.3, -0.25) is 4.79 Å². The van der Waals surface area contributed by atoms with Crippen LogP contribution in [0.1, 0.15) is 32.1 Å². The molecule has 0 aliphatic carbocycles. The van der Waals surface area contributed by atoms with Crippen molar-refractivity contribution < 1.29 is 24.2 Å². The van der Waals surface area contributed by atoms with E-state index >= 15 is 0 Å². The average Bonchev–Trinajstić information content (AvgIpc) is 2.48. The zero-order chi connectivity index (χ0) is 15.1. The number of amides is 2. The zero-order valence-electron chi connectivity index (χ0n) is 12.3. The number of carbonyl (C=O) groups is 2. The highest BCUT2D eigenvalue weighted by atomic mass is 16.5. The number of likely N-dealkylation sites (tertiary alicyclic amines) is 1. The molecule has 0 aromatic heterocycles. The Labute approximate surface area is 124 Å². The monoisotopic (exact) mass is 300 g/mol. The van der Waals surface area contributed by atoms with Gasteiger partial charge in [0.1, 0.15) is 0 Å². The molecular formula is C14H24N2O5. The van der Waals surface area contributed by atoms with Gasteiger partial charge < -0.3 is 24.8 Å². The Bertz CT molecular complexity index is 349. The van der Waals surface area contributed by atoms with Crippen molar-refractivity contribution in [2.24, 2.45) is 0 Å². The minimum Gasteiger partial charge on any atom is -0.481 e. The number of urea groups is 1. The lowest BCUT2D eigenvalue weighted by atomic mass is 10.1. The molecule has 0 saturated carbocycles. The quantitative estimate of drug-likeness (QED) is 0.785. The van der Waals surface area contributed by atoms with Crippen molar-refractivity contribution >= 4 is 12.0 Å². The molecule has 2 saturated heterocycles. The third-order valence-corrected chi connectivity index (χ3v) is 3.95. The summed E-state index contributed by atoms with van der Waals surface area (Å²) in [5, 5.41) is 11.6. The zero-order valence-corrected chi connectivity index (χ0v) is 12.3. The lowest BCUT2D eigenvalue weighted by Crippen LogP contribution is -2.50. The number of carboxylic acids is 1. The fourth-order valence-electron chi connectivity index (χ4n) is 2.65. The van der Waals surface area contributed by atoms with Crippen molar-refractivity contribution in [2.75, 3.05) is 32.9 Å². The van der Waals surface area contributed by atoms with Crippen LogP contribution in [-0.2, 0) is 14.3 Å². The molecule has 2 amide bonds. The second kappa shape index (κ2) is 8.19. The van der Waals surface area contributed by atoms with E-state index in [1.807, 2.05) is 4.90 Å². The minimum absolute atomic E-state index is 0.00844. The van der Waals surface area contributed by atoms with Crippen molar-refractivity contribution in [3.05, 3.63) is 0 Å². The predicted octanol–water partition coefficient (Wildman–Crippen LogP) is 0.831. The van der Waals surface area contributed by atoms with E-state index in [2.05, 4.69) is 5.32 Å². The number of rotatable bonds is 5. The molecule has 0 radical (unpaired) electrons. The van der Waals surface area contributed by atoms with Gasteiger partial charge in [-0.05, 0) is 25.7 Å². The van der Waals surface area contributed by atoms with Gasteiger partial charge in [0.2, 0.25) is 0 Å². The van der Waals surface area contributed by atoms with Gasteiger partial charge in [-0.1, -0.05) is 0 Å². The smallest absolute Gasteiger partial charge is 0.317 e. The fourth-order valence-corrected chi connectivity index (χ4v) is 2.65. The van der Waals surface area contributed by atoms with Gasteiger partial charge in [0.05, 0.1) is 19.1 Å². The first-order valence-corrected chi connectivity index (χ1v) is 7.61. The van der Waals surface area contributed by atoms with Crippen LogP contribution in [0.15, 0.2) is 0 Å². The van der Waals surface area contributed by atoms with Gasteiger partial charge in [-0.25, -0.2) is 4.79 Å². The molecule has 0 bridgehead atoms. The highest BCUT2D eigenvalue weighted by Crippen LogP contribution is 2.15. The van der Waals surface area contributed by atoms with Crippen LogP contribution in [-0.4, -0.2) is 67.1 Å². The molecule has 0 unspecified atom stereocenters. The summed E-state index contributed by atoms with van der Waals surface area (Å²) in [5.74, 6) is -0.844. The Kier molecular flexibility index (Phi) is 6.25. The molecule has 120 valence electrons. The lowest BCUT2D eigenvalue weighted by Gasteiger charge is -2.33. The maximum atomic E-state index is 12.1. The van der Waals surface area contributed by atoms with E-state index in [9.17, 15) is 9.59 Å². The maximum Gasteiger partial charge on any atom is 0.317 e. The number of carbonyl (C=O) groups excluding carboxylic acids is 1. The third kappa shape index (κ3) is 5.51. The number of ether oxygens (including phenoxy) is 2. The second-order valence-corrected chi connectivity index (χ2v) is 5.54. The summed E-state index contributed by atoms with van der Waals surface area (Å²) in [6.45, 7) is 2.99. The van der Waals surface area contributed by atoms with Crippen molar-refractivity contribution in [3.63, 3.8) is 0 Å². The Morgan fingerprint density at radius 3 is 2.48 bits per heavy atom. The molecule has 7 nitrogen and oxygen atoms in total. The summed E-state index contributed by atoms with van der Waals surface area (Å²) in [6, 6.07) is 0.210. The van der Waals surface area contributed by atoms with Crippen LogP contribution >= 0.6 is 0 Å². The van der Waals surface area contributed by atoms with E-state index in [0.717, 1.165) is 25.7 Å². The topological polar surface area (TPSA) is 88.1 Å². The number of aliphatic carboxylic acids is 1. The van der Waals surface area contributed by atoms with E-state index in [1.54, 1.807) is 0 Å². The molecule has 2 N–H and O–H groups in total. The number of nitrogens with one attached hydrogen (secondary N) is 1. The van der Waals surface area contributed by atoms with Crippen molar-refractivity contribution in [1.82, 2.24) is 10.2 Å². The van der Waals surface area contributed by atoms with Gasteiger partial charge in [0.25, 0.3) is 0 Å². The van der Waals surface area contributed by atoms with E-state index in [0.29, 0.717) is 26.3 Å². The number of piperidine rings is 1. The molecule has 2 rings (SSSR count). The molecule has 0 aromatic rings. The Morgan fingerprint density at radius 2 is 1.86 bits per heavy atom. The molecule has 7 heteroatoms. The van der Waals surface area contributed by atoms with Gasteiger partial charge in [-0.2, -0.15) is 0 Å². The first-order chi connectivity index (χ1) is 10.1. The summed E-state index contributed by atoms with van der Waals surface area (Å²) in [7, 11) is 0. The minimum atomic E-state index is -0.844. The van der Waals surface area contributed by atoms with Crippen LogP contribution in [0.4, 0.5) is 4.79 Å². The van der Waals surface area contributed by atoms with Crippen molar-refractivity contribution in [3.8, 4) is 0 Å². The van der Waals surface area contributed by atoms with Gasteiger partial charge >= 0.3 is 12.0 Å². The highest BCUT2D eigenvalue weighted by molar-refractivity contribution is 5.74. The molecule has 2 fully saturated rings.